The van der Waals surface area contributed by atoms with Gasteiger partial charge in [0.2, 0.25) is 0 Å². The minimum Gasteiger partial charge on any atom is -0.508 e. The molecule has 3 N–H and O–H groups in total. The van der Waals surface area contributed by atoms with E-state index in [1.165, 1.54) is 19.1 Å². The number of ketones is 2. The average Bonchev–Trinajstić information content (AvgIpc) is 3.52. The van der Waals surface area contributed by atoms with E-state index in [9.17, 15) is 24.9 Å². The maximum absolute atomic E-state index is 17.5. The zero-order chi connectivity index (χ0) is 31.9. The van der Waals surface area contributed by atoms with Crippen molar-refractivity contribution < 1.29 is 43.2 Å². The summed E-state index contributed by atoms with van der Waals surface area (Å²) in [6.45, 7) is 2.47. The zero-order valence-electron chi connectivity index (χ0n) is 25.0. The first-order chi connectivity index (χ1) is 21.4. The van der Waals surface area contributed by atoms with Crippen molar-refractivity contribution in [1.29, 1.82) is 0 Å². The number of hydrogen-bond acceptors (Lipinski definition) is 8. The number of aliphatic hydroxyl groups excluding tert-OH is 2. The van der Waals surface area contributed by atoms with E-state index in [1.807, 2.05) is 36.4 Å². The standard InChI is InChI=1S/C35H36F2O7S/c1-32-12-11-22(40)13-26(32)27(36)14-25-24-15-30-35(29(42)17-38,33(24,2)16-28(41)34(25,32)37)44-31(43-30)20-5-3-19(4-6-20)18-45-23-9-7-21(39)8-10-23/h3-13,24-25,27-28,30-31,38-39,41H,14-18H2,1-2H3/t24-,25-,27-,28-,30?,31?,32-,33-,34-,35+/m0/s1. The van der Waals surface area contributed by atoms with E-state index in [1.54, 1.807) is 30.8 Å². The molecule has 238 valence electrons. The second-order valence-corrected chi connectivity index (χ2v) is 14.6. The van der Waals surface area contributed by atoms with Crippen LogP contribution in [-0.4, -0.2) is 63.1 Å². The molecule has 5 aliphatic rings. The zero-order valence-corrected chi connectivity index (χ0v) is 25.8. The molecule has 10 heteroatoms. The van der Waals surface area contributed by atoms with E-state index in [4.69, 9.17) is 9.47 Å². The van der Waals surface area contributed by atoms with Gasteiger partial charge in [0, 0.05) is 33.0 Å². The number of alkyl halides is 2. The number of carbonyl (C=O) groups is 2. The Morgan fingerprint density at radius 3 is 2.47 bits per heavy atom. The van der Waals surface area contributed by atoms with Crippen molar-refractivity contribution in [1.82, 2.24) is 0 Å². The van der Waals surface area contributed by atoms with Crippen molar-refractivity contribution in [2.24, 2.45) is 22.7 Å². The van der Waals surface area contributed by atoms with Gasteiger partial charge in [-0.1, -0.05) is 37.3 Å². The first-order valence-corrected chi connectivity index (χ1v) is 16.3. The Hall–Kier alpha value is -2.89. The number of hydrogen-bond donors (Lipinski definition) is 3. The largest absolute Gasteiger partial charge is 0.508 e. The Kier molecular flexibility index (Phi) is 7.22. The highest BCUT2D eigenvalue weighted by atomic mass is 32.2. The maximum Gasteiger partial charge on any atom is 0.193 e. The number of ether oxygens (including phenoxy) is 2. The molecule has 2 unspecified atom stereocenters. The molecule has 0 amide bonds. The van der Waals surface area contributed by atoms with Crippen LogP contribution in [0.2, 0.25) is 0 Å². The van der Waals surface area contributed by atoms with Crippen molar-refractivity contribution in [2.45, 2.75) is 79.7 Å². The van der Waals surface area contributed by atoms with Crippen molar-refractivity contribution in [2.75, 3.05) is 6.61 Å². The van der Waals surface area contributed by atoms with Crippen LogP contribution in [0.1, 0.15) is 50.5 Å². The molecule has 3 saturated carbocycles. The molecule has 4 aliphatic carbocycles. The van der Waals surface area contributed by atoms with Crippen LogP contribution in [-0.2, 0) is 24.8 Å². The third-order valence-electron chi connectivity index (χ3n) is 11.4. The number of aliphatic hydroxyl groups is 2. The minimum absolute atomic E-state index is 0.0354. The Bertz CT molecular complexity index is 1590. The third-order valence-corrected chi connectivity index (χ3v) is 12.5. The summed E-state index contributed by atoms with van der Waals surface area (Å²) in [5.41, 5.74) is -4.93. The summed E-state index contributed by atoms with van der Waals surface area (Å²) in [4.78, 5) is 26.8. The Labute approximate surface area is 264 Å². The molecular formula is C35H36F2O7S. The normalized spacial score (nSPS) is 41.6. The maximum atomic E-state index is 17.5. The summed E-state index contributed by atoms with van der Waals surface area (Å²) >= 11 is 1.62. The van der Waals surface area contributed by atoms with Gasteiger partial charge in [-0.05, 0) is 79.7 Å². The minimum atomic E-state index is -2.29. The molecule has 0 bridgehead atoms. The number of benzene rings is 2. The highest BCUT2D eigenvalue weighted by molar-refractivity contribution is 7.98. The molecule has 2 aromatic carbocycles. The van der Waals surface area contributed by atoms with Gasteiger partial charge in [-0.2, -0.15) is 0 Å². The number of halogens is 2. The van der Waals surface area contributed by atoms with Gasteiger partial charge in [0.15, 0.2) is 29.1 Å². The van der Waals surface area contributed by atoms with Crippen LogP contribution in [0.15, 0.2) is 77.2 Å². The molecule has 45 heavy (non-hydrogen) atoms. The van der Waals surface area contributed by atoms with E-state index in [0.717, 1.165) is 16.5 Å². The monoisotopic (exact) mass is 638 g/mol. The van der Waals surface area contributed by atoms with Crippen LogP contribution in [0.25, 0.3) is 0 Å². The number of Topliss-reactive ketones (excluding diaryl/α,β-unsaturated/α-hetero) is 1. The summed E-state index contributed by atoms with van der Waals surface area (Å²) < 4.78 is 46.3. The van der Waals surface area contributed by atoms with E-state index in [2.05, 4.69) is 0 Å². The molecule has 2 aromatic rings. The van der Waals surface area contributed by atoms with Gasteiger partial charge in [0.05, 0.1) is 12.2 Å². The van der Waals surface area contributed by atoms with Gasteiger partial charge in [-0.15, -0.1) is 11.8 Å². The quantitative estimate of drug-likeness (QED) is 0.364. The molecule has 7 rings (SSSR count). The molecule has 0 spiro atoms. The summed E-state index contributed by atoms with van der Waals surface area (Å²) in [7, 11) is 0. The number of phenolic OH excluding ortho intramolecular Hbond substituents is 1. The number of rotatable bonds is 6. The van der Waals surface area contributed by atoms with Gasteiger partial charge in [-0.25, -0.2) is 8.78 Å². The lowest BCUT2D eigenvalue weighted by Gasteiger charge is -2.63. The fraction of sp³-hybridized carbons (Fsp3) is 0.486. The second-order valence-electron chi connectivity index (χ2n) is 13.5. The average molecular weight is 639 g/mol. The predicted octanol–water partition coefficient (Wildman–Crippen LogP) is 5.33. The number of phenols is 1. The molecule has 0 radical (unpaired) electrons. The number of fused-ring (bicyclic) bond motifs is 7. The summed E-state index contributed by atoms with van der Waals surface area (Å²) in [5, 5.41) is 31.3. The summed E-state index contributed by atoms with van der Waals surface area (Å²) in [6.07, 6.45) is -1.44. The highest BCUT2D eigenvalue weighted by Crippen LogP contribution is 2.72. The second kappa shape index (κ2) is 10.6. The van der Waals surface area contributed by atoms with Crippen molar-refractivity contribution in [3.8, 4) is 5.75 Å². The van der Waals surface area contributed by atoms with Crippen LogP contribution in [0.3, 0.4) is 0 Å². The fourth-order valence-electron chi connectivity index (χ4n) is 9.19. The van der Waals surface area contributed by atoms with E-state index >= 15 is 8.78 Å². The lowest BCUT2D eigenvalue weighted by molar-refractivity contribution is -0.235. The van der Waals surface area contributed by atoms with Crippen LogP contribution in [0.5, 0.6) is 5.75 Å². The Morgan fingerprint density at radius 2 is 1.78 bits per heavy atom. The van der Waals surface area contributed by atoms with Gasteiger partial charge in [0.1, 0.15) is 18.5 Å². The van der Waals surface area contributed by atoms with Gasteiger partial charge in [0.25, 0.3) is 0 Å². The first kappa shape index (κ1) is 30.7. The topological polar surface area (TPSA) is 113 Å². The third kappa shape index (κ3) is 4.22. The summed E-state index contributed by atoms with van der Waals surface area (Å²) in [5.74, 6) is -1.73. The fourth-order valence-corrected chi connectivity index (χ4v) is 10.0. The van der Waals surface area contributed by atoms with Crippen molar-refractivity contribution >= 4 is 23.3 Å². The number of aromatic hydroxyl groups is 1. The van der Waals surface area contributed by atoms with Crippen LogP contribution >= 0.6 is 11.8 Å². The molecule has 1 saturated heterocycles. The molecule has 1 aliphatic heterocycles. The highest BCUT2D eigenvalue weighted by Gasteiger charge is 2.80. The van der Waals surface area contributed by atoms with Crippen LogP contribution in [0.4, 0.5) is 8.78 Å². The predicted molar refractivity (Wildman–Crippen MR) is 162 cm³/mol. The molecule has 1 heterocycles. The van der Waals surface area contributed by atoms with Crippen molar-refractivity contribution in [3.05, 3.63) is 83.5 Å². The van der Waals surface area contributed by atoms with Crippen LogP contribution < -0.4 is 0 Å². The molecular weight excluding hydrogens is 602 g/mol. The summed E-state index contributed by atoms with van der Waals surface area (Å²) in [6, 6.07) is 14.6. The lowest BCUT2D eigenvalue weighted by Crippen LogP contribution is -2.70. The van der Waals surface area contributed by atoms with Gasteiger partial charge in [-0.3, -0.25) is 9.59 Å². The molecule has 10 atom stereocenters. The lowest BCUT2D eigenvalue weighted by atomic mass is 9.44. The van der Waals surface area contributed by atoms with E-state index in [-0.39, 0.29) is 30.6 Å². The van der Waals surface area contributed by atoms with Gasteiger partial charge >= 0.3 is 0 Å². The number of allylic oxidation sites excluding steroid dienone is 4. The smallest absolute Gasteiger partial charge is 0.193 e. The Morgan fingerprint density at radius 1 is 1.07 bits per heavy atom. The number of carbonyl (C=O) groups excluding carboxylic acids is 2. The van der Waals surface area contributed by atoms with E-state index < -0.39 is 76.8 Å². The van der Waals surface area contributed by atoms with Crippen molar-refractivity contribution in [3.63, 3.8) is 0 Å². The number of thioether (sulfide) groups is 1. The molecule has 0 aromatic heterocycles. The SMILES string of the molecule is C[C@]12C=CC(=O)C=C1[C@@H](F)C[C@H]1[C@@H]3CC4OC(c5ccc(CSc6ccc(O)cc6)cc5)O[C@@]4(C(=O)CO)[C@@]3(C)C[C@H](O)[C@@]12F. The first-order valence-electron chi connectivity index (χ1n) is 15.3. The van der Waals surface area contributed by atoms with E-state index in [0.29, 0.717) is 11.3 Å². The van der Waals surface area contributed by atoms with Gasteiger partial charge < -0.3 is 24.8 Å². The van der Waals surface area contributed by atoms with Crippen LogP contribution in [0, 0.1) is 22.7 Å². The molecule has 7 nitrogen and oxygen atoms in total. The molecule has 4 fully saturated rings. The Balaban J connectivity index is 1.17.